The van der Waals surface area contributed by atoms with Gasteiger partial charge in [-0.2, -0.15) is 0 Å². The summed E-state index contributed by atoms with van der Waals surface area (Å²) in [4.78, 5) is 22.0. The number of Topliss-reactive ketones (excluding diaryl/α,β-unsaturated/α-hetero) is 1. The first kappa shape index (κ1) is 15.7. The zero-order chi connectivity index (χ0) is 13.7. The highest BCUT2D eigenvalue weighted by atomic mass is 32.2. The van der Waals surface area contributed by atoms with Gasteiger partial charge in [0.05, 0.1) is 0 Å². The average molecular weight is 270 g/mol. The van der Waals surface area contributed by atoms with Gasteiger partial charge in [-0.05, 0) is 31.1 Å². The Kier molecular flexibility index (Phi) is 6.40. The summed E-state index contributed by atoms with van der Waals surface area (Å²) in [6.45, 7) is 8.50. The molecule has 0 amide bonds. The van der Waals surface area contributed by atoms with Gasteiger partial charge >= 0.3 is 0 Å². The van der Waals surface area contributed by atoms with Crippen molar-refractivity contribution in [2.75, 3.05) is 5.75 Å². The third kappa shape index (κ3) is 4.42. The topological polar surface area (TPSA) is 34.1 Å². The Morgan fingerprint density at radius 3 is 1.83 bits per heavy atom. The summed E-state index contributed by atoms with van der Waals surface area (Å²) in [5.41, 5.74) is 0. The van der Waals surface area contributed by atoms with Crippen LogP contribution in [0.4, 0.5) is 0 Å². The van der Waals surface area contributed by atoms with Crippen molar-refractivity contribution in [3.63, 3.8) is 0 Å². The standard InChI is InChI=1S/C8H14O.C7H12OS/c1-6(2)7-4-3-5-8(7)9;1-5(2)6-3-4-9-7(6)8/h6-7H,3-5H2,1-2H3;5-6H,3-4H2,1-2H3/t7-;6-/m01/s1. The van der Waals surface area contributed by atoms with Crippen LogP contribution in [0.15, 0.2) is 0 Å². The third-order valence-corrected chi connectivity index (χ3v) is 4.96. The maximum Gasteiger partial charge on any atom is 0.192 e. The van der Waals surface area contributed by atoms with E-state index in [1.54, 1.807) is 0 Å². The fraction of sp³-hybridized carbons (Fsp3) is 0.867. The van der Waals surface area contributed by atoms with Crippen LogP contribution >= 0.6 is 11.8 Å². The van der Waals surface area contributed by atoms with Gasteiger partial charge in [0.1, 0.15) is 5.78 Å². The van der Waals surface area contributed by atoms with Gasteiger partial charge in [-0.25, -0.2) is 0 Å². The molecule has 0 aromatic carbocycles. The number of carbonyl (C=O) groups is 2. The Morgan fingerprint density at radius 1 is 1.00 bits per heavy atom. The molecule has 2 aliphatic rings. The molecule has 1 aliphatic carbocycles. The third-order valence-electron chi connectivity index (χ3n) is 3.94. The molecule has 1 aliphatic heterocycles. The van der Waals surface area contributed by atoms with E-state index in [0.717, 1.165) is 31.4 Å². The Labute approximate surface area is 115 Å². The molecule has 2 atom stereocenters. The molecule has 3 heteroatoms. The summed E-state index contributed by atoms with van der Waals surface area (Å²) in [6.07, 6.45) is 4.20. The minimum Gasteiger partial charge on any atom is -0.299 e. The molecule has 2 fully saturated rings. The van der Waals surface area contributed by atoms with Gasteiger partial charge in [0, 0.05) is 24.0 Å². The van der Waals surface area contributed by atoms with E-state index < -0.39 is 0 Å². The van der Waals surface area contributed by atoms with Gasteiger partial charge in [-0.15, -0.1) is 0 Å². The first-order valence-corrected chi connectivity index (χ1v) is 8.11. The fourth-order valence-corrected chi connectivity index (χ4v) is 3.84. The van der Waals surface area contributed by atoms with E-state index >= 15 is 0 Å². The Morgan fingerprint density at radius 2 is 1.61 bits per heavy atom. The van der Waals surface area contributed by atoms with Crippen LogP contribution < -0.4 is 0 Å². The minimum absolute atomic E-state index is 0.356. The molecular weight excluding hydrogens is 244 g/mol. The van der Waals surface area contributed by atoms with Crippen LogP contribution in [0.2, 0.25) is 0 Å². The molecule has 1 saturated heterocycles. The van der Waals surface area contributed by atoms with Crippen molar-refractivity contribution in [2.24, 2.45) is 23.7 Å². The summed E-state index contributed by atoms with van der Waals surface area (Å²) in [6, 6.07) is 0. The monoisotopic (exact) mass is 270 g/mol. The Bertz CT molecular complexity index is 267. The van der Waals surface area contributed by atoms with Crippen LogP contribution in [0.25, 0.3) is 0 Å². The normalized spacial score (nSPS) is 27.9. The van der Waals surface area contributed by atoms with Crippen molar-refractivity contribution < 1.29 is 9.59 Å². The zero-order valence-corrected chi connectivity index (χ0v) is 12.9. The number of rotatable bonds is 2. The van der Waals surface area contributed by atoms with Crippen molar-refractivity contribution in [3.05, 3.63) is 0 Å². The largest absolute Gasteiger partial charge is 0.299 e. The second-order valence-corrected chi connectivity index (χ2v) is 7.12. The Balaban J connectivity index is 0.000000180. The molecule has 0 N–H and O–H groups in total. The van der Waals surface area contributed by atoms with Crippen LogP contribution in [-0.2, 0) is 9.59 Å². The molecule has 0 spiro atoms. The highest BCUT2D eigenvalue weighted by Gasteiger charge is 2.27. The molecule has 1 heterocycles. The first-order valence-electron chi connectivity index (χ1n) is 7.12. The quantitative estimate of drug-likeness (QED) is 0.762. The maximum absolute atomic E-state index is 11.0. The highest BCUT2D eigenvalue weighted by Crippen LogP contribution is 2.30. The van der Waals surface area contributed by atoms with Crippen LogP contribution in [-0.4, -0.2) is 16.7 Å². The molecule has 0 aromatic heterocycles. The fourth-order valence-electron chi connectivity index (χ4n) is 2.66. The van der Waals surface area contributed by atoms with Crippen molar-refractivity contribution in [1.29, 1.82) is 0 Å². The number of carbonyl (C=O) groups excluding carboxylic acids is 2. The summed E-state index contributed by atoms with van der Waals surface area (Å²) in [5.74, 6) is 3.40. The smallest absolute Gasteiger partial charge is 0.192 e. The van der Waals surface area contributed by atoms with Crippen LogP contribution in [0, 0.1) is 23.7 Å². The highest BCUT2D eigenvalue weighted by molar-refractivity contribution is 8.14. The van der Waals surface area contributed by atoms with E-state index in [4.69, 9.17) is 0 Å². The second-order valence-electron chi connectivity index (χ2n) is 6.02. The van der Waals surface area contributed by atoms with Gasteiger partial charge in [-0.1, -0.05) is 39.5 Å². The lowest BCUT2D eigenvalue weighted by atomic mass is 9.94. The van der Waals surface area contributed by atoms with Gasteiger partial charge in [0.15, 0.2) is 5.12 Å². The molecule has 0 bridgehead atoms. The first-order chi connectivity index (χ1) is 8.43. The van der Waals surface area contributed by atoms with E-state index in [2.05, 4.69) is 27.7 Å². The van der Waals surface area contributed by atoms with Gasteiger partial charge in [-0.3, -0.25) is 9.59 Å². The molecule has 2 rings (SSSR count). The molecule has 0 unspecified atom stereocenters. The number of thioether (sulfide) groups is 1. The van der Waals surface area contributed by atoms with E-state index in [0.29, 0.717) is 34.6 Å². The van der Waals surface area contributed by atoms with E-state index in [9.17, 15) is 9.59 Å². The molecule has 0 radical (unpaired) electrons. The van der Waals surface area contributed by atoms with E-state index in [1.165, 1.54) is 11.8 Å². The summed E-state index contributed by atoms with van der Waals surface area (Å²) in [5, 5.41) is 0.407. The molecule has 18 heavy (non-hydrogen) atoms. The lowest BCUT2D eigenvalue weighted by Crippen LogP contribution is -2.12. The van der Waals surface area contributed by atoms with Crippen molar-refractivity contribution in [3.8, 4) is 0 Å². The van der Waals surface area contributed by atoms with Gasteiger partial charge < -0.3 is 0 Å². The number of hydrogen-bond donors (Lipinski definition) is 0. The predicted octanol–water partition coefficient (Wildman–Crippen LogP) is 3.93. The number of hydrogen-bond acceptors (Lipinski definition) is 3. The maximum atomic E-state index is 11.0. The van der Waals surface area contributed by atoms with Crippen molar-refractivity contribution in [2.45, 2.75) is 53.4 Å². The minimum atomic E-state index is 0.356. The molecule has 1 saturated carbocycles. The van der Waals surface area contributed by atoms with Gasteiger partial charge in [0.25, 0.3) is 0 Å². The predicted molar refractivity (Wildman–Crippen MR) is 77.6 cm³/mol. The van der Waals surface area contributed by atoms with Crippen LogP contribution in [0.1, 0.15) is 53.4 Å². The summed E-state index contributed by atoms with van der Waals surface area (Å²) >= 11 is 1.49. The van der Waals surface area contributed by atoms with Crippen LogP contribution in [0.3, 0.4) is 0 Å². The SMILES string of the molecule is CC(C)[C@@H]1CCCC1=O.CC(C)[C@H]1CCSC1=O. The van der Waals surface area contributed by atoms with E-state index in [1.807, 2.05) is 0 Å². The Hall–Kier alpha value is -0.310. The lowest BCUT2D eigenvalue weighted by molar-refractivity contribution is -0.121. The zero-order valence-electron chi connectivity index (χ0n) is 12.1. The molecular formula is C15H26O2S. The van der Waals surface area contributed by atoms with E-state index in [-0.39, 0.29) is 0 Å². The molecule has 0 aromatic rings. The lowest BCUT2D eigenvalue weighted by Gasteiger charge is -2.10. The summed E-state index contributed by atoms with van der Waals surface area (Å²) in [7, 11) is 0. The second kappa shape index (κ2) is 7.32. The molecule has 104 valence electrons. The van der Waals surface area contributed by atoms with Crippen molar-refractivity contribution >= 4 is 22.7 Å². The van der Waals surface area contributed by atoms with Crippen LogP contribution in [0.5, 0.6) is 0 Å². The summed E-state index contributed by atoms with van der Waals surface area (Å²) < 4.78 is 0. The van der Waals surface area contributed by atoms with Crippen molar-refractivity contribution in [1.82, 2.24) is 0 Å². The number of ketones is 1. The average Bonchev–Trinajstić information content (AvgIpc) is 2.87. The van der Waals surface area contributed by atoms with Gasteiger partial charge in [0.2, 0.25) is 0 Å². The molecule has 2 nitrogen and oxygen atoms in total.